The fourth-order valence-electron chi connectivity index (χ4n) is 1.92. The summed E-state index contributed by atoms with van der Waals surface area (Å²) < 4.78 is 1.10. The molecule has 1 aromatic carbocycles. The summed E-state index contributed by atoms with van der Waals surface area (Å²) in [6, 6.07) is 5.95. The third kappa shape index (κ3) is 2.77. The van der Waals surface area contributed by atoms with Crippen LogP contribution in [0.2, 0.25) is 5.02 Å². The molecule has 0 amide bonds. The lowest BCUT2D eigenvalue weighted by Gasteiger charge is -2.18. The summed E-state index contributed by atoms with van der Waals surface area (Å²) in [7, 11) is 0. The lowest BCUT2D eigenvalue weighted by Crippen LogP contribution is -2.28. The van der Waals surface area contributed by atoms with Gasteiger partial charge in [0.25, 0.3) is 0 Å². The lowest BCUT2D eigenvalue weighted by atomic mass is 10.2. The maximum atomic E-state index is 9.70. The summed E-state index contributed by atoms with van der Waals surface area (Å²) >= 11 is 8.13. The molecule has 0 aliphatic heterocycles. The van der Waals surface area contributed by atoms with E-state index in [0.29, 0.717) is 0 Å². The first-order valence-corrected chi connectivity index (χ1v) is 6.52. The average Bonchev–Trinajstić information content (AvgIpc) is 2.57. The number of benzene rings is 1. The zero-order valence-electron chi connectivity index (χ0n) is 8.21. The first-order valence-electron chi connectivity index (χ1n) is 5.06. The van der Waals surface area contributed by atoms with E-state index in [2.05, 4.69) is 27.9 Å². The second-order valence-electron chi connectivity index (χ2n) is 3.87. The third-order valence-electron chi connectivity index (χ3n) is 2.75. The van der Waals surface area contributed by atoms with Gasteiger partial charge in [-0.15, -0.1) is 0 Å². The van der Waals surface area contributed by atoms with Crippen LogP contribution in [0, 0.1) is 3.57 Å². The smallest absolute Gasteiger partial charge is 0.0741 e. The number of nitrogens with one attached hydrogen (secondary N) is 1. The monoisotopic (exact) mass is 337 g/mol. The minimum atomic E-state index is -0.212. The molecule has 1 aliphatic carbocycles. The maximum absolute atomic E-state index is 9.70. The number of anilines is 1. The molecule has 82 valence electrons. The van der Waals surface area contributed by atoms with Crippen molar-refractivity contribution >= 4 is 39.9 Å². The van der Waals surface area contributed by atoms with E-state index in [9.17, 15) is 5.11 Å². The predicted octanol–water partition coefficient (Wildman–Crippen LogP) is 3.27. The van der Waals surface area contributed by atoms with Crippen molar-refractivity contribution in [3.63, 3.8) is 0 Å². The highest BCUT2D eigenvalue weighted by molar-refractivity contribution is 14.1. The number of aliphatic hydroxyl groups excluding tert-OH is 1. The molecule has 0 saturated heterocycles. The van der Waals surface area contributed by atoms with Gasteiger partial charge in [-0.3, -0.25) is 0 Å². The van der Waals surface area contributed by atoms with Crippen LogP contribution in [-0.2, 0) is 0 Å². The fourth-order valence-corrected chi connectivity index (χ4v) is 2.94. The van der Waals surface area contributed by atoms with Crippen LogP contribution in [0.15, 0.2) is 18.2 Å². The second kappa shape index (κ2) is 4.89. The second-order valence-corrected chi connectivity index (χ2v) is 5.47. The third-order valence-corrected chi connectivity index (χ3v) is 3.88. The Labute approximate surface area is 108 Å². The molecule has 1 fully saturated rings. The average molecular weight is 338 g/mol. The first-order chi connectivity index (χ1) is 7.16. The minimum Gasteiger partial charge on any atom is -0.391 e. The van der Waals surface area contributed by atoms with Crippen LogP contribution in [-0.4, -0.2) is 17.3 Å². The Balaban J connectivity index is 2.10. The maximum Gasteiger partial charge on any atom is 0.0741 e. The molecule has 1 aliphatic rings. The van der Waals surface area contributed by atoms with E-state index in [1.54, 1.807) is 0 Å². The van der Waals surface area contributed by atoms with Gasteiger partial charge in [0.05, 0.1) is 12.1 Å². The highest BCUT2D eigenvalue weighted by Crippen LogP contribution is 2.27. The molecule has 2 rings (SSSR count). The predicted molar refractivity (Wildman–Crippen MR) is 71.4 cm³/mol. The van der Waals surface area contributed by atoms with E-state index in [1.807, 2.05) is 18.2 Å². The number of hydrogen-bond acceptors (Lipinski definition) is 2. The van der Waals surface area contributed by atoms with Gasteiger partial charge in [0, 0.05) is 14.3 Å². The van der Waals surface area contributed by atoms with Crippen molar-refractivity contribution in [1.82, 2.24) is 0 Å². The van der Waals surface area contributed by atoms with Crippen LogP contribution in [0.4, 0.5) is 5.69 Å². The summed E-state index contributed by atoms with van der Waals surface area (Å²) in [6.45, 7) is 0. The standard InChI is InChI=1S/C11H13ClINO/c12-7-4-5-9(8(13)6-7)14-10-2-1-3-11(10)15/h4-6,10-11,14-15H,1-3H2/t10-,11-/m0/s1. The topological polar surface area (TPSA) is 32.3 Å². The number of halogens is 2. The highest BCUT2D eigenvalue weighted by atomic mass is 127. The summed E-state index contributed by atoms with van der Waals surface area (Å²) in [4.78, 5) is 0. The molecule has 0 radical (unpaired) electrons. The van der Waals surface area contributed by atoms with Crippen LogP contribution >= 0.6 is 34.2 Å². The van der Waals surface area contributed by atoms with Crippen LogP contribution in [0.3, 0.4) is 0 Å². The van der Waals surface area contributed by atoms with Crippen LogP contribution in [0.25, 0.3) is 0 Å². The quantitative estimate of drug-likeness (QED) is 0.812. The Bertz CT molecular complexity index is 358. The summed E-state index contributed by atoms with van der Waals surface area (Å²) in [5.74, 6) is 0. The van der Waals surface area contributed by atoms with Gasteiger partial charge in [0.1, 0.15) is 0 Å². The van der Waals surface area contributed by atoms with Gasteiger partial charge in [-0.25, -0.2) is 0 Å². The molecule has 2 atom stereocenters. The Morgan fingerprint density at radius 3 is 2.80 bits per heavy atom. The molecule has 0 heterocycles. The molecular weight excluding hydrogens is 324 g/mol. The van der Waals surface area contributed by atoms with Crippen molar-refractivity contribution in [3.8, 4) is 0 Å². The van der Waals surface area contributed by atoms with E-state index in [4.69, 9.17) is 11.6 Å². The largest absolute Gasteiger partial charge is 0.391 e. The number of rotatable bonds is 2. The summed E-state index contributed by atoms with van der Waals surface area (Å²) in [5, 5.41) is 13.8. The van der Waals surface area contributed by atoms with Crippen molar-refractivity contribution in [2.24, 2.45) is 0 Å². The van der Waals surface area contributed by atoms with Crippen molar-refractivity contribution in [1.29, 1.82) is 0 Å². The van der Waals surface area contributed by atoms with Crippen LogP contribution in [0.1, 0.15) is 19.3 Å². The van der Waals surface area contributed by atoms with Gasteiger partial charge in [-0.05, 0) is 60.1 Å². The zero-order chi connectivity index (χ0) is 10.8. The molecule has 0 spiro atoms. The van der Waals surface area contributed by atoms with Gasteiger partial charge in [0.2, 0.25) is 0 Å². The van der Waals surface area contributed by atoms with Crippen molar-refractivity contribution in [2.75, 3.05) is 5.32 Å². The summed E-state index contributed by atoms with van der Waals surface area (Å²) in [5.41, 5.74) is 1.06. The van der Waals surface area contributed by atoms with Gasteiger partial charge in [0.15, 0.2) is 0 Å². The number of hydrogen-bond donors (Lipinski definition) is 2. The molecular formula is C11H13ClINO. The Morgan fingerprint density at radius 1 is 1.40 bits per heavy atom. The summed E-state index contributed by atoms with van der Waals surface area (Å²) in [6.07, 6.45) is 2.83. The SMILES string of the molecule is O[C@H]1CCC[C@@H]1Nc1ccc(Cl)cc1I. The van der Waals surface area contributed by atoms with Crippen molar-refractivity contribution in [2.45, 2.75) is 31.4 Å². The van der Waals surface area contributed by atoms with Gasteiger partial charge in [-0.1, -0.05) is 11.6 Å². The molecule has 4 heteroatoms. The van der Waals surface area contributed by atoms with E-state index >= 15 is 0 Å². The van der Waals surface area contributed by atoms with Gasteiger partial charge in [-0.2, -0.15) is 0 Å². The van der Waals surface area contributed by atoms with E-state index in [1.165, 1.54) is 0 Å². The molecule has 0 unspecified atom stereocenters. The van der Waals surface area contributed by atoms with Crippen LogP contribution in [0.5, 0.6) is 0 Å². The normalized spacial score (nSPS) is 25.5. The van der Waals surface area contributed by atoms with E-state index < -0.39 is 0 Å². The van der Waals surface area contributed by atoms with Gasteiger partial charge >= 0.3 is 0 Å². The Morgan fingerprint density at radius 2 is 2.20 bits per heavy atom. The minimum absolute atomic E-state index is 0.194. The fraction of sp³-hybridized carbons (Fsp3) is 0.455. The molecule has 0 bridgehead atoms. The first kappa shape index (κ1) is 11.5. The van der Waals surface area contributed by atoms with Crippen molar-refractivity contribution < 1.29 is 5.11 Å². The van der Waals surface area contributed by atoms with Crippen molar-refractivity contribution in [3.05, 3.63) is 26.8 Å². The van der Waals surface area contributed by atoms with E-state index in [0.717, 1.165) is 33.5 Å². The highest BCUT2D eigenvalue weighted by Gasteiger charge is 2.25. The van der Waals surface area contributed by atoms with Gasteiger partial charge < -0.3 is 10.4 Å². The lowest BCUT2D eigenvalue weighted by molar-refractivity contribution is 0.172. The number of aliphatic hydroxyl groups is 1. The Hall–Kier alpha value is -0.000000000000000111. The Kier molecular flexibility index (Phi) is 3.74. The molecule has 1 saturated carbocycles. The zero-order valence-corrected chi connectivity index (χ0v) is 11.1. The van der Waals surface area contributed by atoms with Crippen LogP contribution < -0.4 is 5.32 Å². The molecule has 1 aromatic rings. The molecule has 15 heavy (non-hydrogen) atoms. The molecule has 2 nitrogen and oxygen atoms in total. The molecule has 0 aromatic heterocycles. The molecule has 2 N–H and O–H groups in total. The van der Waals surface area contributed by atoms with E-state index in [-0.39, 0.29) is 12.1 Å².